The van der Waals surface area contributed by atoms with Crippen molar-refractivity contribution in [2.45, 2.75) is 26.3 Å². The van der Waals surface area contributed by atoms with Gasteiger partial charge in [0.15, 0.2) is 0 Å². The van der Waals surface area contributed by atoms with E-state index in [0.29, 0.717) is 18.7 Å². The molecule has 1 aromatic carbocycles. The summed E-state index contributed by atoms with van der Waals surface area (Å²) in [5.74, 6) is 0.671. The van der Waals surface area contributed by atoms with Crippen molar-refractivity contribution in [2.24, 2.45) is 7.05 Å². The molecule has 0 aliphatic rings. The number of amides is 1. The first-order valence-corrected chi connectivity index (χ1v) is 9.10. The summed E-state index contributed by atoms with van der Waals surface area (Å²) in [7, 11) is 1.87. The van der Waals surface area contributed by atoms with E-state index in [1.807, 2.05) is 37.5 Å². The van der Waals surface area contributed by atoms with Crippen LogP contribution in [-0.2, 0) is 13.6 Å². The fourth-order valence-corrected chi connectivity index (χ4v) is 2.62. The Morgan fingerprint density at radius 1 is 1.22 bits per heavy atom. The maximum absolute atomic E-state index is 12.4. The van der Waals surface area contributed by atoms with Crippen LogP contribution in [0.2, 0.25) is 0 Å². The van der Waals surface area contributed by atoms with Gasteiger partial charge < -0.3 is 10.1 Å². The smallest absolute Gasteiger partial charge is 0.251 e. The SMILES string of the molecule is CCCCOc1ccc(C(=O)NCc2ccnc(-c3cnn(C)c3)c2)cc1. The van der Waals surface area contributed by atoms with Crippen LogP contribution in [0.25, 0.3) is 11.3 Å². The average molecular weight is 364 g/mol. The summed E-state index contributed by atoms with van der Waals surface area (Å²) in [6.45, 7) is 3.26. The van der Waals surface area contributed by atoms with Crippen molar-refractivity contribution < 1.29 is 9.53 Å². The zero-order valence-corrected chi connectivity index (χ0v) is 15.7. The molecule has 6 heteroatoms. The molecule has 0 radical (unpaired) electrons. The van der Waals surface area contributed by atoms with Crippen LogP contribution < -0.4 is 10.1 Å². The van der Waals surface area contributed by atoms with E-state index in [2.05, 4.69) is 22.3 Å². The van der Waals surface area contributed by atoms with Gasteiger partial charge in [-0.1, -0.05) is 13.3 Å². The molecule has 3 aromatic rings. The van der Waals surface area contributed by atoms with E-state index in [4.69, 9.17) is 4.74 Å². The first kappa shape index (κ1) is 18.6. The number of hydrogen-bond donors (Lipinski definition) is 1. The van der Waals surface area contributed by atoms with E-state index in [9.17, 15) is 4.79 Å². The van der Waals surface area contributed by atoms with Crippen molar-refractivity contribution in [3.63, 3.8) is 0 Å². The molecule has 0 bridgehead atoms. The molecule has 0 spiro atoms. The summed E-state index contributed by atoms with van der Waals surface area (Å²) in [4.78, 5) is 16.7. The molecule has 0 fully saturated rings. The van der Waals surface area contributed by atoms with Crippen LogP contribution in [0.4, 0.5) is 0 Å². The summed E-state index contributed by atoms with van der Waals surface area (Å²) in [5, 5.41) is 7.11. The summed E-state index contributed by atoms with van der Waals surface area (Å²) in [5.41, 5.74) is 3.38. The van der Waals surface area contributed by atoms with Gasteiger partial charge in [0.05, 0.1) is 18.5 Å². The molecule has 2 heterocycles. The van der Waals surface area contributed by atoms with Crippen molar-refractivity contribution in [1.29, 1.82) is 0 Å². The quantitative estimate of drug-likeness (QED) is 0.620. The molecule has 0 aliphatic heterocycles. The largest absolute Gasteiger partial charge is 0.494 e. The van der Waals surface area contributed by atoms with E-state index in [0.717, 1.165) is 35.4 Å². The Labute approximate surface area is 159 Å². The number of carbonyl (C=O) groups excluding carboxylic acids is 1. The highest BCUT2D eigenvalue weighted by molar-refractivity contribution is 5.94. The predicted molar refractivity (Wildman–Crippen MR) is 104 cm³/mol. The molecule has 6 nitrogen and oxygen atoms in total. The number of unbranched alkanes of at least 4 members (excludes halogenated alkanes) is 1. The maximum atomic E-state index is 12.4. The summed E-state index contributed by atoms with van der Waals surface area (Å²) in [6.07, 6.45) is 7.54. The van der Waals surface area contributed by atoms with Gasteiger partial charge in [0.1, 0.15) is 5.75 Å². The Hall–Kier alpha value is -3.15. The lowest BCUT2D eigenvalue weighted by molar-refractivity contribution is 0.0951. The topological polar surface area (TPSA) is 69.0 Å². The molecular formula is C21H24N4O2. The van der Waals surface area contributed by atoms with Crippen molar-refractivity contribution in [3.05, 3.63) is 66.1 Å². The van der Waals surface area contributed by atoms with Crippen molar-refractivity contribution in [3.8, 4) is 17.0 Å². The molecule has 0 unspecified atom stereocenters. The number of hydrogen-bond acceptors (Lipinski definition) is 4. The summed E-state index contributed by atoms with van der Waals surface area (Å²) >= 11 is 0. The second-order valence-electron chi connectivity index (χ2n) is 6.36. The Morgan fingerprint density at radius 3 is 2.74 bits per heavy atom. The van der Waals surface area contributed by atoms with Crippen LogP contribution in [0.5, 0.6) is 5.75 Å². The minimum Gasteiger partial charge on any atom is -0.494 e. The highest BCUT2D eigenvalue weighted by Gasteiger charge is 2.07. The lowest BCUT2D eigenvalue weighted by Crippen LogP contribution is -2.22. The maximum Gasteiger partial charge on any atom is 0.251 e. The standard InChI is InChI=1S/C21H24N4O2/c1-3-4-11-27-19-7-5-17(6-8-19)21(26)23-13-16-9-10-22-20(12-16)18-14-24-25(2)15-18/h5-10,12,14-15H,3-4,11,13H2,1-2H3,(H,23,26). The summed E-state index contributed by atoms with van der Waals surface area (Å²) < 4.78 is 7.36. The third-order valence-corrected chi connectivity index (χ3v) is 4.16. The molecule has 1 N–H and O–H groups in total. The second kappa shape index (κ2) is 8.98. The van der Waals surface area contributed by atoms with Crippen molar-refractivity contribution in [2.75, 3.05) is 6.61 Å². The van der Waals surface area contributed by atoms with Crippen molar-refractivity contribution >= 4 is 5.91 Å². The monoisotopic (exact) mass is 364 g/mol. The molecule has 0 aliphatic carbocycles. The third kappa shape index (κ3) is 5.17. The molecule has 0 atom stereocenters. The Morgan fingerprint density at radius 2 is 2.04 bits per heavy atom. The number of carbonyl (C=O) groups is 1. The Kier molecular flexibility index (Phi) is 6.20. The molecule has 140 valence electrons. The van der Waals surface area contributed by atoms with Gasteiger partial charge in [-0.25, -0.2) is 0 Å². The fourth-order valence-electron chi connectivity index (χ4n) is 2.62. The minimum absolute atomic E-state index is 0.116. The average Bonchev–Trinajstić information content (AvgIpc) is 3.13. The predicted octanol–water partition coefficient (Wildman–Crippen LogP) is 3.59. The highest BCUT2D eigenvalue weighted by atomic mass is 16.5. The van der Waals surface area contributed by atoms with Gasteiger partial charge in [-0.2, -0.15) is 5.10 Å². The lowest BCUT2D eigenvalue weighted by Gasteiger charge is -2.08. The fraction of sp³-hybridized carbons (Fsp3) is 0.286. The molecule has 27 heavy (non-hydrogen) atoms. The van der Waals surface area contributed by atoms with Gasteiger partial charge in [-0.3, -0.25) is 14.5 Å². The molecule has 1 amide bonds. The number of pyridine rings is 1. The minimum atomic E-state index is -0.116. The number of nitrogens with zero attached hydrogens (tertiary/aromatic N) is 3. The van der Waals surface area contributed by atoms with E-state index in [1.54, 1.807) is 29.2 Å². The van der Waals surface area contributed by atoms with Crippen LogP contribution in [-0.4, -0.2) is 27.3 Å². The third-order valence-electron chi connectivity index (χ3n) is 4.16. The molecule has 3 rings (SSSR count). The highest BCUT2D eigenvalue weighted by Crippen LogP contribution is 2.17. The van der Waals surface area contributed by atoms with Gasteiger partial charge in [0, 0.05) is 37.1 Å². The number of benzene rings is 1. The summed E-state index contributed by atoms with van der Waals surface area (Å²) in [6, 6.07) is 11.1. The van der Waals surface area contributed by atoms with Crippen LogP contribution in [0.3, 0.4) is 0 Å². The number of aromatic nitrogens is 3. The first-order valence-electron chi connectivity index (χ1n) is 9.10. The number of rotatable bonds is 8. The number of ether oxygens (including phenoxy) is 1. The zero-order chi connectivity index (χ0) is 19.1. The van der Waals surface area contributed by atoms with Crippen LogP contribution in [0.1, 0.15) is 35.7 Å². The number of nitrogens with one attached hydrogen (secondary N) is 1. The van der Waals surface area contributed by atoms with Crippen LogP contribution in [0, 0.1) is 0 Å². The van der Waals surface area contributed by atoms with E-state index >= 15 is 0 Å². The van der Waals surface area contributed by atoms with Gasteiger partial charge in [0.2, 0.25) is 0 Å². The molecule has 0 saturated heterocycles. The first-order chi connectivity index (χ1) is 13.2. The van der Waals surface area contributed by atoms with Gasteiger partial charge in [0.25, 0.3) is 5.91 Å². The normalized spacial score (nSPS) is 10.6. The lowest BCUT2D eigenvalue weighted by atomic mass is 10.1. The number of aryl methyl sites for hydroxylation is 1. The van der Waals surface area contributed by atoms with Crippen molar-refractivity contribution in [1.82, 2.24) is 20.1 Å². The zero-order valence-electron chi connectivity index (χ0n) is 15.7. The van der Waals surface area contributed by atoms with Gasteiger partial charge >= 0.3 is 0 Å². The second-order valence-corrected chi connectivity index (χ2v) is 6.36. The Bertz CT molecular complexity index is 887. The molecule has 2 aromatic heterocycles. The van der Waals surface area contributed by atoms with E-state index < -0.39 is 0 Å². The van der Waals surface area contributed by atoms with Gasteiger partial charge in [-0.05, 0) is 48.4 Å². The van der Waals surface area contributed by atoms with Gasteiger partial charge in [-0.15, -0.1) is 0 Å². The van der Waals surface area contributed by atoms with E-state index in [-0.39, 0.29) is 5.91 Å². The molecular weight excluding hydrogens is 340 g/mol. The van der Waals surface area contributed by atoms with Crippen LogP contribution in [0.15, 0.2) is 55.0 Å². The van der Waals surface area contributed by atoms with Crippen LogP contribution >= 0.6 is 0 Å². The van der Waals surface area contributed by atoms with E-state index in [1.165, 1.54) is 0 Å². The Balaban J connectivity index is 1.57. The molecule has 0 saturated carbocycles.